The highest BCUT2D eigenvalue weighted by atomic mass is 35.7. The Morgan fingerprint density at radius 3 is 2.53 bits per heavy atom. The number of nitrogens with zero attached hydrogens (tertiary/aromatic N) is 2. The van der Waals surface area contributed by atoms with Crippen molar-refractivity contribution in [2.24, 2.45) is 0 Å². The predicted molar refractivity (Wildman–Crippen MR) is 68.2 cm³/mol. The van der Waals surface area contributed by atoms with E-state index in [0.717, 1.165) is 25.5 Å². The molecule has 0 atom stereocenters. The van der Waals surface area contributed by atoms with Crippen molar-refractivity contribution in [1.29, 1.82) is 0 Å². The second-order valence-electron chi connectivity index (χ2n) is 4.34. The van der Waals surface area contributed by atoms with Gasteiger partial charge >= 0.3 is 14.1 Å². The van der Waals surface area contributed by atoms with Crippen molar-refractivity contribution >= 4 is 25.6 Å². The van der Waals surface area contributed by atoms with Crippen LogP contribution in [0.4, 0.5) is 0 Å². The molecule has 0 spiro atoms. The van der Waals surface area contributed by atoms with Crippen molar-refractivity contribution in [2.45, 2.75) is 24.3 Å². The van der Waals surface area contributed by atoms with Gasteiger partial charge in [-0.15, -0.1) is 0 Å². The number of pyridine rings is 1. The third-order valence-corrected chi connectivity index (χ3v) is 4.32. The number of likely N-dealkylation sites (tertiary alicyclic amines) is 1. The van der Waals surface area contributed by atoms with E-state index in [1.54, 1.807) is 4.90 Å². The van der Waals surface area contributed by atoms with Crippen LogP contribution in [0.3, 0.4) is 0 Å². The van der Waals surface area contributed by atoms with E-state index in [-0.39, 0.29) is 10.3 Å². The van der Waals surface area contributed by atoms with Gasteiger partial charge in [0.15, 0.2) is 6.20 Å². The first-order chi connectivity index (χ1) is 8.91. The summed E-state index contributed by atoms with van der Waals surface area (Å²) in [5, 5.41) is 10.9. The van der Waals surface area contributed by atoms with Crippen LogP contribution in [0.5, 0.6) is 0 Å². The zero-order valence-corrected chi connectivity index (χ0v) is 11.7. The average molecular weight is 305 g/mol. The summed E-state index contributed by atoms with van der Waals surface area (Å²) in [7, 11) is 0.960. The summed E-state index contributed by atoms with van der Waals surface area (Å²) in [5.41, 5.74) is -0.172. The van der Waals surface area contributed by atoms with Crippen molar-refractivity contribution in [3.63, 3.8) is 0 Å². The third-order valence-electron chi connectivity index (χ3n) is 3.02. The van der Waals surface area contributed by atoms with Gasteiger partial charge < -0.3 is 10.1 Å². The van der Waals surface area contributed by atoms with Gasteiger partial charge in [0.2, 0.25) is 0 Å². The minimum absolute atomic E-state index is 0.111. The Kier molecular flexibility index (Phi) is 3.96. The van der Waals surface area contributed by atoms with Gasteiger partial charge in [-0.2, -0.15) is 4.73 Å². The molecule has 1 aliphatic rings. The van der Waals surface area contributed by atoms with Gasteiger partial charge in [-0.1, -0.05) is 0 Å². The maximum absolute atomic E-state index is 12.3. The van der Waals surface area contributed by atoms with Crippen molar-refractivity contribution in [3.8, 4) is 0 Å². The Labute approximate surface area is 115 Å². The molecule has 19 heavy (non-hydrogen) atoms. The zero-order chi connectivity index (χ0) is 14.0. The molecular formula is C11H13ClN2O4S. The standard InChI is InChI=1S/C11H13ClN2O4S/c12-19(17,18)11-9(5-4-8-14(11)16)10(15)13-6-2-1-3-7-13/h4-5,8H,1-3,6-7H2. The van der Waals surface area contributed by atoms with Gasteiger partial charge in [0.05, 0.1) is 0 Å². The second-order valence-corrected chi connectivity index (χ2v) is 6.82. The second kappa shape index (κ2) is 5.34. The van der Waals surface area contributed by atoms with E-state index in [4.69, 9.17) is 10.7 Å². The highest BCUT2D eigenvalue weighted by Gasteiger charge is 2.32. The molecule has 0 aliphatic carbocycles. The molecule has 8 heteroatoms. The molecule has 0 aromatic carbocycles. The van der Waals surface area contributed by atoms with Gasteiger partial charge in [0.25, 0.3) is 5.91 Å². The van der Waals surface area contributed by atoms with Crippen molar-refractivity contribution < 1.29 is 17.9 Å². The Morgan fingerprint density at radius 1 is 1.32 bits per heavy atom. The Balaban J connectivity index is 2.45. The molecule has 2 rings (SSSR count). The molecular weight excluding hydrogens is 292 g/mol. The molecule has 0 radical (unpaired) electrons. The normalized spacial score (nSPS) is 16.4. The molecule has 0 unspecified atom stereocenters. The highest BCUT2D eigenvalue weighted by Crippen LogP contribution is 2.19. The van der Waals surface area contributed by atoms with Crippen LogP contribution in [-0.4, -0.2) is 32.3 Å². The Hall–Kier alpha value is -1.34. The van der Waals surface area contributed by atoms with E-state index in [1.807, 2.05) is 0 Å². The Bertz CT molecular complexity index is 597. The van der Waals surface area contributed by atoms with E-state index in [2.05, 4.69) is 0 Å². The van der Waals surface area contributed by atoms with Gasteiger partial charge in [0.1, 0.15) is 5.56 Å². The molecule has 1 aromatic heterocycles. The first-order valence-electron chi connectivity index (χ1n) is 5.87. The molecule has 2 heterocycles. The van der Waals surface area contributed by atoms with Crippen LogP contribution >= 0.6 is 10.7 Å². The number of amides is 1. The summed E-state index contributed by atoms with van der Waals surface area (Å²) in [6.45, 7) is 1.13. The van der Waals surface area contributed by atoms with Crippen LogP contribution in [0.2, 0.25) is 0 Å². The van der Waals surface area contributed by atoms with E-state index in [0.29, 0.717) is 13.1 Å². The van der Waals surface area contributed by atoms with Crippen LogP contribution in [0.15, 0.2) is 23.4 Å². The molecule has 0 N–H and O–H groups in total. The van der Waals surface area contributed by atoms with Gasteiger partial charge in [-0.05, 0) is 25.3 Å². The lowest BCUT2D eigenvalue weighted by molar-refractivity contribution is -0.646. The fraction of sp³-hybridized carbons (Fsp3) is 0.455. The number of aromatic nitrogens is 1. The fourth-order valence-corrected chi connectivity index (χ4v) is 3.29. The van der Waals surface area contributed by atoms with Gasteiger partial charge in [-0.25, -0.2) is 8.42 Å². The van der Waals surface area contributed by atoms with Gasteiger partial charge in [0, 0.05) is 29.8 Å². The van der Waals surface area contributed by atoms with Crippen LogP contribution in [0.1, 0.15) is 29.6 Å². The molecule has 104 valence electrons. The number of hydrogen-bond acceptors (Lipinski definition) is 4. The number of hydrogen-bond donors (Lipinski definition) is 0. The lowest BCUT2D eigenvalue weighted by Crippen LogP contribution is -2.40. The third kappa shape index (κ3) is 2.98. The summed E-state index contributed by atoms with van der Waals surface area (Å²) >= 11 is 0. The molecule has 1 fully saturated rings. The summed E-state index contributed by atoms with van der Waals surface area (Å²) in [6, 6.07) is 2.64. The van der Waals surface area contributed by atoms with Crippen LogP contribution < -0.4 is 4.73 Å². The summed E-state index contributed by atoms with van der Waals surface area (Å²) in [4.78, 5) is 13.8. The molecule has 0 saturated carbocycles. The van der Waals surface area contributed by atoms with Gasteiger partial charge in [-0.3, -0.25) is 4.79 Å². The molecule has 6 nitrogen and oxygen atoms in total. The minimum atomic E-state index is -4.27. The maximum atomic E-state index is 12.3. The van der Waals surface area contributed by atoms with E-state index in [1.165, 1.54) is 12.1 Å². The largest absolute Gasteiger partial charge is 0.618 e. The lowest BCUT2D eigenvalue weighted by Gasteiger charge is -2.26. The molecule has 1 saturated heterocycles. The van der Waals surface area contributed by atoms with Crippen LogP contribution in [0.25, 0.3) is 0 Å². The quantitative estimate of drug-likeness (QED) is 0.461. The van der Waals surface area contributed by atoms with E-state index >= 15 is 0 Å². The topological polar surface area (TPSA) is 81.4 Å². The van der Waals surface area contributed by atoms with Crippen molar-refractivity contribution in [3.05, 3.63) is 29.1 Å². The van der Waals surface area contributed by atoms with Crippen LogP contribution in [0, 0.1) is 5.21 Å². The maximum Gasteiger partial charge on any atom is 0.336 e. The predicted octanol–water partition coefficient (Wildman–Crippen LogP) is 0.874. The number of rotatable bonds is 2. The Morgan fingerprint density at radius 2 is 1.95 bits per heavy atom. The first kappa shape index (κ1) is 14.1. The molecule has 0 bridgehead atoms. The first-order valence-corrected chi connectivity index (χ1v) is 8.18. The summed E-state index contributed by atoms with van der Waals surface area (Å²) < 4.78 is 23.0. The molecule has 1 aliphatic heterocycles. The number of piperidine rings is 1. The molecule has 1 aromatic rings. The fourth-order valence-electron chi connectivity index (χ4n) is 2.14. The smallest absolute Gasteiger partial charge is 0.336 e. The molecule has 1 amide bonds. The van der Waals surface area contributed by atoms with E-state index in [9.17, 15) is 18.4 Å². The minimum Gasteiger partial charge on any atom is -0.618 e. The number of halogens is 1. The SMILES string of the molecule is O=C(c1ccc[n+]([O-])c1S(=O)(=O)Cl)N1CCCCC1. The average Bonchev–Trinajstić information content (AvgIpc) is 2.37. The summed E-state index contributed by atoms with van der Waals surface area (Å²) in [6.07, 6.45) is 3.79. The lowest BCUT2D eigenvalue weighted by atomic mass is 10.1. The van der Waals surface area contributed by atoms with Crippen LogP contribution in [-0.2, 0) is 9.05 Å². The monoisotopic (exact) mass is 304 g/mol. The van der Waals surface area contributed by atoms with E-state index < -0.39 is 20.0 Å². The summed E-state index contributed by atoms with van der Waals surface area (Å²) in [5.74, 6) is -0.468. The number of carbonyl (C=O) groups excluding carboxylic acids is 1. The highest BCUT2D eigenvalue weighted by molar-refractivity contribution is 8.13. The van der Waals surface area contributed by atoms with Crippen molar-refractivity contribution in [2.75, 3.05) is 13.1 Å². The zero-order valence-electron chi connectivity index (χ0n) is 10.1. The number of carbonyl (C=O) groups is 1. The van der Waals surface area contributed by atoms with Crippen molar-refractivity contribution in [1.82, 2.24) is 4.90 Å².